The summed E-state index contributed by atoms with van der Waals surface area (Å²) in [5.74, 6) is -1.32. The zero-order valence-electron chi connectivity index (χ0n) is 19.2. The molecule has 8 heteroatoms. The zero-order valence-corrected chi connectivity index (χ0v) is 20.0. The van der Waals surface area contributed by atoms with Crippen LogP contribution in [0, 0.1) is 34.5 Å². The monoisotopic (exact) mass is 476 g/mol. The summed E-state index contributed by atoms with van der Waals surface area (Å²) in [7, 11) is 0. The van der Waals surface area contributed by atoms with Crippen LogP contribution < -0.4 is 0 Å². The molecule has 1 aliphatic heterocycles. The van der Waals surface area contributed by atoms with Crippen LogP contribution in [0.1, 0.15) is 65.2 Å². The van der Waals surface area contributed by atoms with Crippen LogP contribution in [0.2, 0.25) is 0 Å². The van der Waals surface area contributed by atoms with Crippen molar-refractivity contribution in [3.05, 3.63) is 11.6 Å². The van der Waals surface area contributed by atoms with Crippen LogP contribution in [0.3, 0.4) is 0 Å². The number of esters is 1. The molecule has 0 aromatic rings. The highest BCUT2D eigenvalue weighted by atomic mass is 32.2. The molecule has 0 aromatic heterocycles. The molecule has 5 aliphatic rings. The second-order valence-electron chi connectivity index (χ2n) is 10.9. The number of hydrogen-bond donors (Lipinski definition) is 2. The van der Waals surface area contributed by atoms with Gasteiger partial charge >= 0.3 is 11.9 Å². The van der Waals surface area contributed by atoms with Crippen molar-refractivity contribution in [3.8, 4) is 0 Å². The number of fused-ring (bicyclic) bond motifs is 2. The van der Waals surface area contributed by atoms with Crippen molar-refractivity contribution in [1.82, 2.24) is 0 Å². The van der Waals surface area contributed by atoms with Gasteiger partial charge in [-0.25, -0.2) is 0 Å². The molecule has 33 heavy (non-hydrogen) atoms. The summed E-state index contributed by atoms with van der Waals surface area (Å²) >= 11 is 1.31. The molecule has 8 atom stereocenters. The van der Waals surface area contributed by atoms with Gasteiger partial charge in [-0.2, -0.15) is 0 Å². The number of thioether (sulfide) groups is 1. The van der Waals surface area contributed by atoms with Gasteiger partial charge in [0.25, 0.3) is 0 Å². The number of ether oxygens (including phenoxy) is 1. The first-order chi connectivity index (χ1) is 15.6. The van der Waals surface area contributed by atoms with E-state index in [0.29, 0.717) is 38.5 Å². The van der Waals surface area contributed by atoms with Gasteiger partial charge in [0, 0.05) is 30.4 Å². The number of aliphatic hydroxyl groups is 1. The van der Waals surface area contributed by atoms with Crippen molar-refractivity contribution < 1.29 is 34.1 Å². The van der Waals surface area contributed by atoms with Gasteiger partial charge in [-0.15, -0.1) is 0 Å². The van der Waals surface area contributed by atoms with E-state index in [1.807, 2.05) is 0 Å². The fraction of sp³-hybridized carbons (Fsp3) is 0.760. The average molecular weight is 477 g/mol. The summed E-state index contributed by atoms with van der Waals surface area (Å²) in [6, 6.07) is 0. The van der Waals surface area contributed by atoms with Crippen LogP contribution in [0.25, 0.3) is 0 Å². The zero-order chi connectivity index (χ0) is 23.8. The third-order valence-corrected chi connectivity index (χ3v) is 11.1. The van der Waals surface area contributed by atoms with Gasteiger partial charge in [0.2, 0.25) is 0 Å². The number of ketones is 1. The summed E-state index contributed by atoms with van der Waals surface area (Å²) in [5.41, 5.74) is -1.92. The smallest absolute Gasteiger partial charge is 0.315 e. The van der Waals surface area contributed by atoms with Crippen LogP contribution in [0.5, 0.6) is 0 Å². The minimum atomic E-state index is -1.42. The molecule has 5 rings (SSSR count). The van der Waals surface area contributed by atoms with Crippen LogP contribution >= 0.6 is 11.8 Å². The maximum absolute atomic E-state index is 13.8. The number of carbonyl (C=O) groups excluding carboxylic acids is 3. The van der Waals surface area contributed by atoms with Crippen molar-refractivity contribution in [2.24, 2.45) is 34.5 Å². The Labute approximate surface area is 197 Å². The summed E-state index contributed by atoms with van der Waals surface area (Å²) in [6.45, 7) is 3.83. The average Bonchev–Trinajstić information content (AvgIpc) is 3.07. The highest BCUT2D eigenvalue weighted by molar-refractivity contribution is 8.14. The molecule has 2 unspecified atom stereocenters. The Morgan fingerprint density at radius 3 is 2.61 bits per heavy atom. The molecule has 0 aromatic carbocycles. The SMILES string of the molecule is CC(=O)SC1[C@@H]2C3CC[C@@]4(C(=O)OC[C@@]35CCC(=O)C=C5[C@H]1C)[C@H]2CC[C@@]4(O)CCC(=O)O. The lowest BCUT2D eigenvalue weighted by Crippen LogP contribution is -2.66. The van der Waals surface area contributed by atoms with Crippen molar-refractivity contribution in [2.45, 2.75) is 76.1 Å². The predicted octanol–water partition coefficient (Wildman–Crippen LogP) is 3.14. The van der Waals surface area contributed by atoms with E-state index in [1.54, 1.807) is 13.0 Å². The maximum atomic E-state index is 13.8. The lowest BCUT2D eigenvalue weighted by Gasteiger charge is -2.64. The van der Waals surface area contributed by atoms with E-state index >= 15 is 0 Å². The van der Waals surface area contributed by atoms with Gasteiger partial charge in [0.05, 0.1) is 11.0 Å². The van der Waals surface area contributed by atoms with E-state index in [1.165, 1.54) is 11.8 Å². The second kappa shape index (κ2) is 7.67. The number of carboxylic acids is 1. The molecule has 1 heterocycles. The summed E-state index contributed by atoms with van der Waals surface area (Å²) in [5, 5.41) is 21.0. The topological polar surface area (TPSA) is 118 Å². The van der Waals surface area contributed by atoms with E-state index in [9.17, 15) is 29.4 Å². The molecule has 4 aliphatic carbocycles. The highest BCUT2D eigenvalue weighted by Crippen LogP contribution is 2.72. The van der Waals surface area contributed by atoms with E-state index in [4.69, 9.17) is 4.74 Å². The first kappa shape index (κ1) is 23.1. The quantitative estimate of drug-likeness (QED) is 0.594. The van der Waals surface area contributed by atoms with Gasteiger partial charge in [-0.1, -0.05) is 24.3 Å². The molecule has 2 spiro atoms. The first-order valence-corrected chi connectivity index (χ1v) is 13.0. The molecular weight excluding hydrogens is 444 g/mol. The van der Waals surface area contributed by atoms with Gasteiger partial charge in [0.1, 0.15) is 6.61 Å². The Balaban J connectivity index is 1.66. The van der Waals surface area contributed by atoms with Crippen molar-refractivity contribution in [2.75, 3.05) is 6.61 Å². The highest BCUT2D eigenvalue weighted by Gasteiger charge is 2.74. The number of cyclic esters (lactones) is 1. The van der Waals surface area contributed by atoms with Gasteiger partial charge in [0.15, 0.2) is 10.9 Å². The first-order valence-electron chi connectivity index (χ1n) is 12.1. The van der Waals surface area contributed by atoms with Gasteiger partial charge in [-0.3, -0.25) is 19.2 Å². The molecule has 1 saturated heterocycles. The largest absolute Gasteiger partial charge is 0.481 e. The Hall–Kier alpha value is -1.67. The lowest BCUT2D eigenvalue weighted by molar-refractivity contribution is -0.213. The van der Waals surface area contributed by atoms with Crippen LogP contribution in [-0.2, 0) is 23.9 Å². The molecule has 180 valence electrons. The van der Waals surface area contributed by atoms with Gasteiger partial charge in [-0.05, 0) is 68.3 Å². The minimum absolute atomic E-state index is 0.00998. The van der Waals surface area contributed by atoms with Crippen LogP contribution in [0.15, 0.2) is 11.6 Å². The summed E-state index contributed by atoms with van der Waals surface area (Å²) < 4.78 is 6.00. The standard InChI is InChI=1S/C25H32O7S/c1-13-18-11-15(27)3-7-23(18)12-32-22(30)25-10-5-16(23)20(21(13)33-14(2)26)17(25)4-8-24(25,31)9-6-19(28)29/h11,13,16-17,20-21,31H,3-10,12H2,1-2H3,(H,28,29)/t13-,16?,17+,20-,21?,23+,24-,25+/m1/s1. The predicted molar refractivity (Wildman–Crippen MR) is 120 cm³/mol. The molecule has 0 radical (unpaired) electrons. The Kier molecular flexibility index (Phi) is 5.37. The van der Waals surface area contributed by atoms with E-state index in [2.05, 4.69) is 6.92 Å². The van der Waals surface area contributed by atoms with Crippen molar-refractivity contribution >= 4 is 34.6 Å². The molecule has 4 fully saturated rings. The van der Waals surface area contributed by atoms with Crippen molar-refractivity contribution in [1.29, 1.82) is 0 Å². The molecule has 3 saturated carbocycles. The summed E-state index contributed by atoms with van der Waals surface area (Å²) in [6.07, 6.45) is 4.81. The molecular formula is C25H32O7S. The Bertz CT molecular complexity index is 958. The Morgan fingerprint density at radius 2 is 1.91 bits per heavy atom. The minimum Gasteiger partial charge on any atom is -0.481 e. The van der Waals surface area contributed by atoms with E-state index < -0.39 is 28.4 Å². The van der Waals surface area contributed by atoms with E-state index in [-0.39, 0.29) is 59.3 Å². The maximum Gasteiger partial charge on any atom is 0.315 e. The third kappa shape index (κ3) is 3.05. The number of carbonyl (C=O) groups is 4. The van der Waals surface area contributed by atoms with Crippen LogP contribution in [0.4, 0.5) is 0 Å². The number of hydrogen-bond acceptors (Lipinski definition) is 7. The second-order valence-corrected chi connectivity index (χ2v) is 12.3. The molecule has 2 bridgehead atoms. The number of rotatable bonds is 4. The van der Waals surface area contributed by atoms with Crippen LogP contribution in [-0.4, -0.2) is 50.5 Å². The third-order valence-electron chi connectivity index (χ3n) is 9.77. The fourth-order valence-electron chi connectivity index (χ4n) is 8.54. The number of carboxylic acid groups (broad SMARTS) is 1. The normalized spacial score (nSPS) is 45.9. The van der Waals surface area contributed by atoms with E-state index in [0.717, 1.165) is 5.57 Å². The Morgan fingerprint density at radius 1 is 1.18 bits per heavy atom. The van der Waals surface area contributed by atoms with Gasteiger partial charge < -0.3 is 14.9 Å². The number of aliphatic carboxylic acids is 1. The molecule has 0 amide bonds. The summed E-state index contributed by atoms with van der Waals surface area (Å²) in [4.78, 5) is 49.9. The molecule has 7 nitrogen and oxygen atoms in total. The lowest BCUT2D eigenvalue weighted by atomic mass is 9.43. The molecule has 2 N–H and O–H groups in total. The van der Waals surface area contributed by atoms with Crippen molar-refractivity contribution in [3.63, 3.8) is 0 Å². The fourth-order valence-corrected chi connectivity index (χ4v) is 9.81.